The third-order valence-corrected chi connectivity index (χ3v) is 3.81. The average Bonchev–Trinajstić information content (AvgIpc) is 2.40. The van der Waals surface area contributed by atoms with E-state index in [1.54, 1.807) is 12.1 Å². The molecule has 1 aromatic heterocycles. The van der Waals surface area contributed by atoms with Crippen LogP contribution in [0.4, 0.5) is 0 Å². The van der Waals surface area contributed by atoms with Crippen LogP contribution < -0.4 is 4.74 Å². The molecule has 1 saturated heterocycles. The number of pyridine rings is 1. The molecule has 0 aromatic carbocycles. The summed E-state index contributed by atoms with van der Waals surface area (Å²) in [6.07, 6.45) is -1.98. The van der Waals surface area contributed by atoms with Crippen molar-refractivity contribution in [2.24, 2.45) is 0 Å². The standard InChI is InChI=1S/C11H12N2O4S/c12-4-6-8(2-1-3-13-6)17-11-10(16)9(15)7(14)5-18-11/h1-3,7,9-11,14-16H,5H2/t7-,9+,10-,11-/m1/s1. The van der Waals surface area contributed by atoms with Crippen LogP contribution in [0.3, 0.4) is 0 Å². The van der Waals surface area contributed by atoms with Gasteiger partial charge in [0.25, 0.3) is 0 Å². The van der Waals surface area contributed by atoms with Crippen molar-refractivity contribution in [3.63, 3.8) is 0 Å². The summed E-state index contributed by atoms with van der Waals surface area (Å²) in [6.45, 7) is 0. The second kappa shape index (κ2) is 5.54. The van der Waals surface area contributed by atoms with Crippen LogP contribution in [0.25, 0.3) is 0 Å². The van der Waals surface area contributed by atoms with Gasteiger partial charge in [0.05, 0.1) is 6.10 Å². The number of aliphatic hydroxyl groups excluding tert-OH is 3. The molecule has 96 valence electrons. The highest BCUT2D eigenvalue weighted by atomic mass is 32.2. The number of thioether (sulfide) groups is 1. The predicted molar refractivity (Wildman–Crippen MR) is 63.8 cm³/mol. The molecule has 0 radical (unpaired) electrons. The second-order valence-electron chi connectivity index (χ2n) is 3.83. The Morgan fingerprint density at radius 3 is 2.89 bits per heavy atom. The summed E-state index contributed by atoms with van der Waals surface area (Å²) in [5, 5.41) is 37.6. The van der Waals surface area contributed by atoms with Gasteiger partial charge in [-0.15, -0.1) is 11.8 Å². The van der Waals surface area contributed by atoms with Gasteiger partial charge in [-0.25, -0.2) is 4.98 Å². The Kier molecular flexibility index (Phi) is 4.04. The minimum Gasteiger partial charge on any atom is -0.474 e. The molecule has 0 bridgehead atoms. The van der Waals surface area contributed by atoms with Gasteiger partial charge in [-0.05, 0) is 12.1 Å². The molecule has 2 rings (SSSR count). The zero-order valence-corrected chi connectivity index (χ0v) is 10.1. The van der Waals surface area contributed by atoms with E-state index in [9.17, 15) is 15.3 Å². The number of hydrogen-bond acceptors (Lipinski definition) is 7. The van der Waals surface area contributed by atoms with E-state index in [0.29, 0.717) is 0 Å². The van der Waals surface area contributed by atoms with Crippen molar-refractivity contribution in [2.75, 3.05) is 5.75 Å². The Bertz CT molecular complexity index is 465. The van der Waals surface area contributed by atoms with E-state index in [1.807, 2.05) is 6.07 Å². The molecule has 0 unspecified atom stereocenters. The lowest BCUT2D eigenvalue weighted by Crippen LogP contribution is -2.50. The van der Waals surface area contributed by atoms with Crippen molar-refractivity contribution in [1.29, 1.82) is 5.26 Å². The van der Waals surface area contributed by atoms with E-state index < -0.39 is 23.7 Å². The normalized spacial score (nSPS) is 31.7. The lowest BCUT2D eigenvalue weighted by molar-refractivity contribution is -0.0786. The molecule has 1 fully saturated rings. The fraction of sp³-hybridized carbons (Fsp3) is 0.455. The average molecular weight is 268 g/mol. The van der Waals surface area contributed by atoms with Gasteiger partial charge < -0.3 is 20.1 Å². The van der Waals surface area contributed by atoms with Crippen LogP contribution in [0.5, 0.6) is 5.75 Å². The van der Waals surface area contributed by atoms with Crippen LogP contribution in [-0.4, -0.2) is 49.8 Å². The summed E-state index contributed by atoms with van der Waals surface area (Å²) >= 11 is 1.18. The van der Waals surface area contributed by atoms with Gasteiger partial charge in [-0.3, -0.25) is 0 Å². The van der Waals surface area contributed by atoms with Crippen molar-refractivity contribution >= 4 is 11.8 Å². The quantitative estimate of drug-likeness (QED) is 0.663. The summed E-state index contributed by atoms with van der Waals surface area (Å²) in [5.41, 5.74) is -0.620. The molecule has 6 nitrogen and oxygen atoms in total. The van der Waals surface area contributed by atoms with E-state index in [-0.39, 0.29) is 17.2 Å². The van der Waals surface area contributed by atoms with Gasteiger partial charge in [0.15, 0.2) is 16.9 Å². The molecule has 0 amide bonds. The number of aromatic nitrogens is 1. The Hall–Kier alpha value is -1.33. The zero-order valence-electron chi connectivity index (χ0n) is 9.30. The van der Waals surface area contributed by atoms with Crippen LogP contribution in [0, 0.1) is 11.3 Å². The lowest BCUT2D eigenvalue weighted by atomic mass is 10.1. The third kappa shape index (κ3) is 2.57. The van der Waals surface area contributed by atoms with Crippen molar-refractivity contribution < 1.29 is 20.1 Å². The van der Waals surface area contributed by atoms with E-state index in [1.165, 1.54) is 18.0 Å². The van der Waals surface area contributed by atoms with Crippen LogP contribution in [0.15, 0.2) is 18.3 Å². The molecule has 3 N–H and O–H groups in total. The molecule has 4 atom stereocenters. The molecule has 1 aliphatic heterocycles. The van der Waals surface area contributed by atoms with Crippen molar-refractivity contribution in [3.05, 3.63) is 24.0 Å². The van der Waals surface area contributed by atoms with Crippen molar-refractivity contribution in [3.8, 4) is 11.8 Å². The third-order valence-electron chi connectivity index (χ3n) is 2.57. The van der Waals surface area contributed by atoms with Gasteiger partial charge in [0.1, 0.15) is 18.3 Å². The Labute approximate surface area is 108 Å². The molecule has 18 heavy (non-hydrogen) atoms. The first-order valence-corrected chi connectivity index (χ1v) is 6.36. The van der Waals surface area contributed by atoms with Crippen LogP contribution >= 0.6 is 11.8 Å². The van der Waals surface area contributed by atoms with Gasteiger partial charge >= 0.3 is 0 Å². The Balaban J connectivity index is 2.12. The van der Waals surface area contributed by atoms with E-state index in [0.717, 1.165) is 0 Å². The first kappa shape index (κ1) is 13.1. The summed E-state index contributed by atoms with van der Waals surface area (Å²) in [7, 11) is 0. The zero-order chi connectivity index (χ0) is 13.1. The molecule has 0 aliphatic carbocycles. The number of hydrogen-bond donors (Lipinski definition) is 3. The molecule has 1 aliphatic rings. The highest BCUT2D eigenvalue weighted by molar-refractivity contribution is 7.99. The molecule has 1 aromatic rings. The predicted octanol–water partition coefficient (Wildman–Crippen LogP) is -0.512. The maximum atomic E-state index is 9.77. The number of aliphatic hydroxyl groups is 3. The minimum absolute atomic E-state index is 0.117. The number of ether oxygens (including phenoxy) is 1. The van der Waals surface area contributed by atoms with Crippen LogP contribution in [-0.2, 0) is 0 Å². The minimum atomic E-state index is -1.25. The smallest absolute Gasteiger partial charge is 0.182 e. The molecule has 7 heteroatoms. The number of nitriles is 1. The summed E-state index contributed by atoms with van der Waals surface area (Å²) in [6, 6.07) is 5.06. The number of rotatable bonds is 2. The van der Waals surface area contributed by atoms with E-state index in [4.69, 9.17) is 10.00 Å². The largest absolute Gasteiger partial charge is 0.474 e. The van der Waals surface area contributed by atoms with Crippen LogP contribution in [0.2, 0.25) is 0 Å². The summed E-state index contributed by atoms with van der Waals surface area (Å²) in [4.78, 5) is 3.83. The maximum absolute atomic E-state index is 9.77. The van der Waals surface area contributed by atoms with Gasteiger partial charge in [0, 0.05) is 11.9 Å². The Morgan fingerprint density at radius 1 is 1.39 bits per heavy atom. The van der Waals surface area contributed by atoms with E-state index in [2.05, 4.69) is 4.98 Å². The monoisotopic (exact) mass is 268 g/mol. The summed E-state index contributed by atoms with van der Waals surface area (Å²) in [5.74, 6) is 0.505. The Morgan fingerprint density at radius 2 is 2.17 bits per heavy atom. The topological polar surface area (TPSA) is 107 Å². The van der Waals surface area contributed by atoms with Gasteiger partial charge in [-0.2, -0.15) is 5.26 Å². The fourth-order valence-electron chi connectivity index (χ4n) is 1.58. The first-order chi connectivity index (χ1) is 8.63. The van der Waals surface area contributed by atoms with E-state index >= 15 is 0 Å². The highest BCUT2D eigenvalue weighted by Crippen LogP contribution is 2.29. The molecule has 0 saturated carbocycles. The number of nitrogens with zero attached hydrogens (tertiary/aromatic N) is 2. The molecular weight excluding hydrogens is 256 g/mol. The maximum Gasteiger partial charge on any atom is 0.182 e. The molecular formula is C11H12N2O4S. The SMILES string of the molecule is N#Cc1ncccc1O[C@@H]1SC[C@@H](O)[C@H](O)[C@H]1O. The van der Waals surface area contributed by atoms with Crippen molar-refractivity contribution in [1.82, 2.24) is 4.98 Å². The van der Waals surface area contributed by atoms with Gasteiger partial charge in [-0.1, -0.05) is 0 Å². The first-order valence-electron chi connectivity index (χ1n) is 5.31. The summed E-state index contributed by atoms with van der Waals surface area (Å²) < 4.78 is 5.47. The van der Waals surface area contributed by atoms with Crippen LogP contribution in [0.1, 0.15) is 5.69 Å². The highest BCUT2D eigenvalue weighted by Gasteiger charge is 2.38. The van der Waals surface area contributed by atoms with Gasteiger partial charge in [0.2, 0.25) is 0 Å². The second-order valence-corrected chi connectivity index (χ2v) is 4.96. The molecule has 2 heterocycles. The fourth-order valence-corrected chi connectivity index (χ4v) is 2.69. The molecule has 0 spiro atoms. The van der Waals surface area contributed by atoms with Crippen molar-refractivity contribution in [2.45, 2.75) is 23.7 Å². The lowest BCUT2D eigenvalue weighted by Gasteiger charge is -2.34.